The summed E-state index contributed by atoms with van der Waals surface area (Å²) in [5.41, 5.74) is 6.84. The fourth-order valence-electron chi connectivity index (χ4n) is 1.63. The summed E-state index contributed by atoms with van der Waals surface area (Å²) in [6.45, 7) is 2.91. The summed E-state index contributed by atoms with van der Waals surface area (Å²) < 4.78 is 5.36. The highest BCUT2D eigenvalue weighted by Gasteiger charge is 2.11. The average molecular weight is 225 g/mol. The zero-order valence-electron chi connectivity index (χ0n) is 9.62. The Morgan fingerprint density at radius 2 is 2.20 bits per heavy atom. The van der Waals surface area contributed by atoms with Crippen molar-refractivity contribution < 1.29 is 4.74 Å². The maximum Gasteiger partial charge on any atom is 0.122 e. The van der Waals surface area contributed by atoms with E-state index in [2.05, 4.69) is 25.3 Å². The van der Waals surface area contributed by atoms with E-state index in [9.17, 15) is 0 Å². The van der Waals surface area contributed by atoms with E-state index in [1.54, 1.807) is 18.9 Å². The van der Waals surface area contributed by atoms with E-state index in [1.165, 1.54) is 10.5 Å². The Labute approximate surface area is 96.2 Å². The van der Waals surface area contributed by atoms with Crippen LogP contribution in [-0.2, 0) is 0 Å². The van der Waals surface area contributed by atoms with Crippen LogP contribution in [0.4, 0.5) is 0 Å². The van der Waals surface area contributed by atoms with Gasteiger partial charge in [0.1, 0.15) is 5.75 Å². The monoisotopic (exact) mass is 225 g/mol. The van der Waals surface area contributed by atoms with Gasteiger partial charge < -0.3 is 10.5 Å². The third-order valence-corrected chi connectivity index (χ3v) is 3.29. The number of hydrogen-bond acceptors (Lipinski definition) is 3. The number of rotatable bonds is 5. The summed E-state index contributed by atoms with van der Waals surface area (Å²) in [5.74, 6) is 1.42. The minimum Gasteiger partial charge on any atom is -0.496 e. The Balaban J connectivity index is 3.00. The van der Waals surface area contributed by atoms with E-state index in [0.29, 0.717) is 12.5 Å². The van der Waals surface area contributed by atoms with Crippen LogP contribution in [0.3, 0.4) is 0 Å². The molecule has 0 heterocycles. The Bertz CT molecular complexity index is 314. The normalized spacial score (nSPS) is 12.5. The van der Waals surface area contributed by atoms with Gasteiger partial charge in [-0.1, -0.05) is 6.92 Å². The molecule has 1 atom stereocenters. The lowest BCUT2D eigenvalue weighted by atomic mass is 9.97. The van der Waals surface area contributed by atoms with Crippen molar-refractivity contribution in [2.45, 2.75) is 24.2 Å². The van der Waals surface area contributed by atoms with Crippen molar-refractivity contribution in [3.8, 4) is 5.75 Å². The van der Waals surface area contributed by atoms with Gasteiger partial charge in [-0.25, -0.2) is 0 Å². The van der Waals surface area contributed by atoms with Crippen LogP contribution in [-0.4, -0.2) is 19.9 Å². The van der Waals surface area contributed by atoms with Gasteiger partial charge in [0.05, 0.1) is 7.11 Å². The lowest BCUT2D eigenvalue weighted by molar-refractivity contribution is 0.405. The van der Waals surface area contributed by atoms with Crippen molar-refractivity contribution in [3.05, 3.63) is 23.8 Å². The van der Waals surface area contributed by atoms with Gasteiger partial charge in [0.15, 0.2) is 0 Å². The topological polar surface area (TPSA) is 35.2 Å². The second-order valence-corrected chi connectivity index (χ2v) is 4.47. The molecule has 0 fully saturated rings. The molecule has 84 valence electrons. The first-order valence-electron chi connectivity index (χ1n) is 5.15. The quantitative estimate of drug-likeness (QED) is 0.783. The van der Waals surface area contributed by atoms with Crippen molar-refractivity contribution in [2.24, 2.45) is 5.73 Å². The molecule has 0 radical (unpaired) electrons. The smallest absolute Gasteiger partial charge is 0.122 e. The van der Waals surface area contributed by atoms with Gasteiger partial charge in [-0.05, 0) is 48.9 Å². The maximum atomic E-state index is 5.58. The van der Waals surface area contributed by atoms with Crippen LogP contribution in [0.5, 0.6) is 5.75 Å². The van der Waals surface area contributed by atoms with E-state index >= 15 is 0 Å². The van der Waals surface area contributed by atoms with E-state index in [4.69, 9.17) is 10.5 Å². The van der Waals surface area contributed by atoms with Crippen molar-refractivity contribution in [2.75, 3.05) is 19.9 Å². The van der Waals surface area contributed by atoms with Gasteiger partial charge in [-0.3, -0.25) is 0 Å². The minimum absolute atomic E-state index is 0.456. The molecular weight excluding hydrogens is 206 g/mol. The second kappa shape index (κ2) is 6.03. The van der Waals surface area contributed by atoms with E-state index < -0.39 is 0 Å². The third-order valence-electron chi connectivity index (χ3n) is 2.57. The van der Waals surface area contributed by atoms with E-state index in [0.717, 1.165) is 12.2 Å². The lowest BCUT2D eigenvalue weighted by Crippen LogP contribution is -2.06. The maximum absolute atomic E-state index is 5.58. The number of methoxy groups -OCH3 is 1. The molecule has 0 aliphatic rings. The largest absolute Gasteiger partial charge is 0.496 e. The number of hydrogen-bond donors (Lipinski definition) is 1. The first-order chi connectivity index (χ1) is 7.22. The molecule has 1 unspecified atom stereocenters. The van der Waals surface area contributed by atoms with Crippen LogP contribution in [0.25, 0.3) is 0 Å². The lowest BCUT2D eigenvalue weighted by Gasteiger charge is -2.15. The minimum atomic E-state index is 0.456. The fourth-order valence-corrected chi connectivity index (χ4v) is 2.08. The summed E-state index contributed by atoms with van der Waals surface area (Å²) in [6.07, 6.45) is 3.08. The van der Waals surface area contributed by atoms with Crippen molar-refractivity contribution >= 4 is 11.8 Å². The Morgan fingerprint density at radius 1 is 1.47 bits per heavy atom. The predicted octanol–water partition coefficient (Wildman–Crippen LogP) is 2.87. The molecule has 2 N–H and O–H groups in total. The first kappa shape index (κ1) is 12.4. The Hall–Kier alpha value is -0.670. The molecule has 0 aromatic heterocycles. The molecule has 0 saturated carbocycles. The molecular formula is C12H19NOS. The molecule has 1 aromatic carbocycles. The zero-order chi connectivity index (χ0) is 11.3. The first-order valence-corrected chi connectivity index (χ1v) is 6.37. The van der Waals surface area contributed by atoms with Gasteiger partial charge in [0, 0.05) is 4.90 Å². The fraction of sp³-hybridized carbons (Fsp3) is 0.500. The van der Waals surface area contributed by atoms with Crippen molar-refractivity contribution in [1.29, 1.82) is 0 Å². The van der Waals surface area contributed by atoms with Gasteiger partial charge in [-0.15, -0.1) is 11.8 Å². The van der Waals surface area contributed by atoms with Gasteiger partial charge in [0.25, 0.3) is 0 Å². The van der Waals surface area contributed by atoms with Crippen LogP contribution in [0.15, 0.2) is 23.1 Å². The Kier molecular flexibility index (Phi) is 4.99. The molecule has 0 spiro atoms. The van der Waals surface area contributed by atoms with Gasteiger partial charge >= 0.3 is 0 Å². The van der Waals surface area contributed by atoms with Crippen LogP contribution >= 0.6 is 11.8 Å². The molecule has 0 aliphatic carbocycles. The summed E-state index contributed by atoms with van der Waals surface area (Å²) >= 11 is 1.75. The molecule has 0 amide bonds. The summed E-state index contributed by atoms with van der Waals surface area (Å²) in [6, 6.07) is 6.32. The number of nitrogens with two attached hydrogens (primary N) is 1. The summed E-state index contributed by atoms with van der Waals surface area (Å²) in [4.78, 5) is 1.27. The van der Waals surface area contributed by atoms with Crippen LogP contribution < -0.4 is 10.5 Å². The highest BCUT2D eigenvalue weighted by atomic mass is 32.2. The zero-order valence-corrected chi connectivity index (χ0v) is 10.4. The van der Waals surface area contributed by atoms with E-state index in [-0.39, 0.29) is 0 Å². The number of benzene rings is 1. The van der Waals surface area contributed by atoms with Crippen molar-refractivity contribution in [1.82, 2.24) is 0 Å². The number of ether oxygens (including phenoxy) is 1. The summed E-state index contributed by atoms with van der Waals surface area (Å²) in [5, 5.41) is 0. The molecule has 1 rings (SSSR count). The SMILES string of the molecule is COc1ccc(SC)cc1C(C)CCN. The van der Waals surface area contributed by atoms with Gasteiger partial charge in [-0.2, -0.15) is 0 Å². The predicted molar refractivity (Wildman–Crippen MR) is 66.9 cm³/mol. The number of thioether (sulfide) groups is 1. The van der Waals surface area contributed by atoms with Gasteiger partial charge in [0.2, 0.25) is 0 Å². The van der Waals surface area contributed by atoms with Crippen molar-refractivity contribution in [3.63, 3.8) is 0 Å². The summed E-state index contributed by atoms with van der Waals surface area (Å²) in [7, 11) is 1.72. The highest BCUT2D eigenvalue weighted by molar-refractivity contribution is 7.98. The van der Waals surface area contributed by atoms with Crippen LogP contribution in [0.1, 0.15) is 24.8 Å². The third kappa shape index (κ3) is 3.14. The molecule has 15 heavy (non-hydrogen) atoms. The second-order valence-electron chi connectivity index (χ2n) is 3.59. The Morgan fingerprint density at radius 3 is 2.73 bits per heavy atom. The average Bonchev–Trinajstić information content (AvgIpc) is 2.28. The molecule has 0 saturated heterocycles. The molecule has 2 nitrogen and oxygen atoms in total. The highest BCUT2D eigenvalue weighted by Crippen LogP contribution is 2.31. The molecule has 0 bridgehead atoms. The van der Waals surface area contributed by atoms with E-state index in [1.807, 2.05) is 6.07 Å². The molecule has 0 aliphatic heterocycles. The molecule has 1 aromatic rings. The standard InChI is InChI=1S/C12H19NOS/c1-9(6-7-13)11-8-10(15-3)4-5-12(11)14-2/h4-5,8-9H,6-7,13H2,1-3H3. The van der Waals surface area contributed by atoms with Crippen LogP contribution in [0, 0.1) is 0 Å². The molecule has 3 heteroatoms. The van der Waals surface area contributed by atoms with Crippen LogP contribution in [0.2, 0.25) is 0 Å².